The van der Waals surface area contributed by atoms with Gasteiger partial charge in [0.15, 0.2) is 0 Å². The standard InChI is InChI=1S/C22H24F3N3O2S/c1-30-21(29)27-13-11-26(12-14-27)9-4-10-28-17-5-2-3-6-19(17)31-20-8-7-16(15-18(20)28)22(23,24)25/h2-3,5-8,15H,4,9-14H2,1H3. The SMILES string of the molecule is COC(=O)N1CCN(CCCN2c3ccccc3Sc3ccc(C(F)(F)F)cc32)CC1. The van der Waals surface area contributed by atoms with Crippen molar-refractivity contribution in [1.82, 2.24) is 9.80 Å². The first-order chi connectivity index (χ1) is 14.9. The Morgan fingerprint density at radius 1 is 1.00 bits per heavy atom. The smallest absolute Gasteiger partial charge is 0.416 e. The number of nitrogens with zero attached hydrogens (tertiary/aromatic N) is 3. The highest BCUT2D eigenvalue weighted by atomic mass is 32.2. The number of hydrogen-bond acceptors (Lipinski definition) is 5. The van der Waals surface area contributed by atoms with Crippen molar-refractivity contribution < 1.29 is 22.7 Å². The topological polar surface area (TPSA) is 36.0 Å². The molecule has 2 aromatic rings. The van der Waals surface area contributed by atoms with Crippen LogP contribution in [-0.2, 0) is 10.9 Å². The largest absolute Gasteiger partial charge is 0.453 e. The summed E-state index contributed by atoms with van der Waals surface area (Å²) in [5.41, 5.74) is 0.916. The molecule has 2 aromatic carbocycles. The molecule has 0 spiro atoms. The van der Waals surface area contributed by atoms with Gasteiger partial charge in [0, 0.05) is 42.5 Å². The fraction of sp³-hybridized carbons (Fsp3) is 0.409. The van der Waals surface area contributed by atoms with Gasteiger partial charge in [0.25, 0.3) is 0 Å². The van der Waals surface area contributed by atoms with Gasteiger partial charge in [0.05, 0.1) is 24.0 Å². The van der Waals surface area contributed by atoms with Gasteiger partial charge in [-0.3, -0.25) is 4.90 Å². The van der Waals surface area contributed by atoms with Gasteiger partial charge in [0.1, 0.15) is 0 Å². The number of para-hydroxylation sites is 1. The number of amides is 1. The maximum Gasteiger partial charge on any atom is 0.416 e. The molecule has 166 valence electrons. The second kappa shape index (κ2) is 9.00. The Labute approximate surface area is 183 Å². The third kappa shape index (κ3) is 4.77. The second-order valence-corrected chi connectivity index (χ2v) is 8.64. The summed E-state index contributed by atoms with van der Waals surface area (Å²) in [6, 6.07) is 11.8. The lowest BCUT2D eigenvalue weighted by atomic mass is 10.1. The van der Waals surface area contributed by atoms with Gasteiger partial charge in [0.2, 0.25) is 0 Å². The minimum absolute atomic E-state index is 0.306. The average Bonchev–Trinajstić information content (AvgIpc) is 2.77. The number of carbonyl (C=O) groups excluding carboxylic acids is 1. The van der Waals surface area contributed by atoms with E-state index in [1.807, 2.05) is 29.2 Å². The Balaban J connectivity index is 1.46. The summed E-state index contributed by atoms with van der Waals surface area (Å²) in [5, 5.41) is 0. The van der Waals surface area contributed by atoms with Gasteiger partial charge in [-0.1, -0.05) is 23.9 Å². The van der Waals surface area contributed by atoms with Crippen LogP contribution in [0.2, 0.25) is 0 Å². The van der Waals surface area contributed by atoms with E-state index in [9.17, 15) is 18.0 Å². The summed E-state index contributed by atoms with van der Waals surface area (Å²) in [7, 11) is 1.38. The summed E-state index contributed by atoms with van der Waals surface area (Å²) in [6.07, 6.45) is -3.88. The molecule has 4 rings (SSSR count). The molecule has 9 heteroatoms. The number of halogens is 3. The summed E-state index contributed by atoms with van der Waals surface area (Å²) in [4.78, 5) is 19.5. The van der Waals surface area contributed by atoms with Crippen molar-refractivity contribution in [2.75, 3.05) is 51.3 Å². The van der Waals surface area contributed by atoms with E-state index in [1.54, 1.807) is 11.0 Å². The zero-order valence-corrected chi connectivity index (χ0v) is 18.0. The number of alkyl halides is 3. The number of methoxy groups -OCH3 is 1. The Morgan fingerprint density at radius 2 is 1.71 bits per heavy atom. The molecule has 0 saturated carbocycles. The van der Waals surface area contributed by atoms with Crippen LogP contribution in [0.5, 0.6) is 0 Å². The van der Waals surface area contributed by atoms with Crippen LogP contribution >= 0.6 is 11.8 Å². The van der Waals surface area contributed by atoms with E-state index in [0.29, 0.717) is 25.3 Å². The number of piperazine rings is 1. The van der Waals surface area contributed by atoms with E-state index in [2.05, 4.69) is 4.90 Å². The Bertz CT molecular complexity index is 946. The first-order valence-corrected chi connectivity index (χ1v) is 11.0. The Hall–Kier alpha value is -2.39. The van der Waals surface area contributed by atoms with E-state index in [-0.39, 0.29) is 6.09 Å². The van der Waals surface area contributed by atoms with Gasteiger partial charge in [-0.05, 0) is 43.3 Å². The molecule has 1 fully saturated rings. The highest BCUT2D eigenvalue weighted by Crippen LogP contribution is 2.49. The predicted octanol–water partition coefficient (Wildman–Crippen LogP) is 5.08. The summed E-state index contributed by atoms with van der Waals surface area (Å²) < 4.78 is 44.7. The zero-order valence-electron chi connectivity index (χ0n) is 17.2. The van der Waals surface area contributed by atoms with Crippen LogP contribution in [0, 0.1) is 0 Å². The molecule has 2 aliphatic heterocycles. The highest BCUT2D eigenvalue weighted by molar-refractivity contribution is 7.99. The van der Waals surface area contributed by atoms with Crippen molar-refractivity contribution in [2.45, 2.75) is 22.4 Å². The molecule has 0 bridgehead atoms. The summed E-state index contributed by atoms with van der Waals surface area (Å²) in [5.74, 6) is 0. The van der Waals surface area contributed by atoms with Crippen LogP contribution in [0.1, 0.15) is 12.0 Å². The van der Waals surface area contributed by atoms with Crippen molar-refractivity contribution >= 4 is 29.2 Å². The molecule has 31 heavy (non-hydrogen) atoms. The molecule has 2 aliphatic rings. The van der Waals surface area contributed by atoms with Gasteiger partial charge in [-0.2, -0.15) is 13.2 Å². The zero-order chi connectivity index (χ0) is 22.0. The summed E-state index contributed by atoms with van der Waals surface area (Å²) in [6.45, 7) is 4.19. The van der Waals surface area contributed by atoms with Gasteiger partial charge < -0.3 is 14.5 Å². The van der Waals surface area contributed by atoms with Crippen LogP contribution < -0.4 is 4.90 Å². The van der Waals surface area contributed by atoms with Crippen molar-refractivity contribution in [3.63, 3.8) is 0 Å². The molecular weight excluding hydrogens is 427 g/mol. The van der Waals surface area contributed by atoms with Crippen LogP contribution in [0.25, 0.3) is 0 Å². The molecule has 1 saturated heterocycles. The molecule has 0 unspecified atom stereocenters. The third-order valence-electron chi connectivity index (χ3n) is 5.61. The lowest BCUT2D eigenvalue weighted by Crippen LogP contribution is -2.49. The van der Waals surface area contributed by atoms with Crippen LogP contribution in [0.15, 0.2) is 52.3 Å². The number of benzene rings is 2. The van der Waals surface area contributed by atoms with Crippen molar-refractivity contribution in [3.8, 4) is 0 Å². The van der Waals surface area contributed by atoms with Gasteiger partial charge in [-0.25, -0.2) is 4.79 Å². The number of fused-ring (bicyclic) bond motifs is 2. The van der Waals surface area contributed by atoms with Crippen molar-refractivity contribution in [3.05, 3.63) is 48.0 Å². The molecule has 0 radical (unpaired) electrons. The van der Waals surface area contributed by atoms with E-state index < -0.39 is 11.7 Å². The molecule has 0 N–H and O–H groups in total. The Kier molecular flexibility index (Phi) is 6.34. The maximum atomic E-state index is 13.3. The monoisotopic (exact) mass is 451 g/mol. The van der Waals surface area contributed by atoms with Gasteiger partial charge in [-0.15, -0.1) is 0 Å². The molecule has 1 amide bonds. The molecule has 0 aliphatic carbocycles. The number of hydrogen-bond donors (Lipinski definition) is 0. The molecule has 2 heterocycles. The van der Waals surface area contributed by atoms with Crippen LogP contribution in [0.3, 0.4) is 0 Å². The summed E-state index contributed by atoms with van der Waals surface area (Å²) >= 11 is 1.50. The van der Waals surface area contributed by atoms with Crippen molar-refractivity contribution in [2.24, 2.45) is 0 Å². The molecule has 0 atom stereocenters. The fourth-order valence-electron chi connectivity index (χ4n) is 3.98. The van der Waals surface area contributed by atoms with Gasteiger partial charge >= 0.3 is 12.3 Å². The normalized spacial score (nSPS) is 16.6. The number of anilines is 2. The van der Waals surface area contributed by atoms with E-state index in [1.165, 1.54) is 24.9 Å². The predicted molar refractivity (Wildman–Crippen MR) is 114 cm³/mol. The number of rotatable bonds is 4. The van der Waals surface area contributed by atoms with E-state index in [4.69, 9.17) is 4.74 Å². The van der Waals surface area contributed by atoms with Crippen molar-refractivity contribution in [1.29, 1.82) is 0 Å². The minimum atomic E-state index is -4.37. The minimum Gasteiger partial charge on any atom is -0.453 e. The molecular formula is C22H24F3N3O2S. The van der Waals surface area contributed by atoms with E-state index >= 15 is 0 Å². The quantitative estimate of drug-likeness (QED) is 0.648. The lowest BCUT2D eigenvalue weighted by Gasteiger charge is -2.36. The van der Waals surface area contributed by atoms with Crippen LogP contribution in [-0.4, -0.2) is 62.3 Å². The first kappa shape index (κ1) is 21.8. The van der Waals surface area contributed by atoms with E-state index in [0.717, 1.165) is 47.6 Å². The highest BCUT2D eigenvalue weighted by Gasteiger charge is 2.33. The molecule has 0 aromatic heterocycles. The van der Waals surface area contributed by atoms with Crippen LogP contribution in [0.4, 0.5) is 29.3 Å². The molecule has 5 nitrogen and oxygen atoms in total. The first-order valence-electron chi connectivity index (χ1n) is 10.2. The fourth-order valence-corrected chi connectivity index (χ4v) is 5.06. The maximum absolute atomic E-state index is 13.3. The lowest BCUT2D eigenvalue weighted by molar-refractivity contribution is -0.137. The number of carbonyl (C=O) groups is 1. The average molecular weight is 452 g/mol. The second-order valence-electron chi connectivity index (χ2n) is 7.55. The third-order valence-corrected chi connectivity index (χ3v) is 6.74. The number of ether oxygens (including phenoxy) is 1. The Morgan fingerprint density at radius 3 is 2.42 bits per heavy atom.